The highest BCUT2D eigenvalue weighted by Gasteiger charge is 2.26. The van der Waals surface area contributed by atoms with Crippen molar-refractivity contribution in [1.29, 1.82) is 5.26 Å². The van der Waals surface area contributed by atoms with Gasteiger partial charge in [0.2, 0.25) is 0 Å². The summed E-state index contributed by atoms with van der Waals surface area (Å²) in [6.07, 6.45) is 12.5. The number of aromatic nitrogens is 2. The molecule has 0 bridgehead atoms. The van der Waals surface area contributed by atoms with Crippen LogP contribution in [0.5, 0.6) is 0 Å². The van der Waals surface area contributed by atoms with Crippen LogP contribution in [-0.4, -0.2) is 28.1 Å². The molecule has 0 saturated heterocycles. The Balaban J connectivity index is 1.30. The third kappa shape index (κ3) is 5.95. The summed E-state index contributed by atoms with van der Waals surface area (Å²) in [5.74, 6) is -0.0664. The summed E-state index contributed by atoms with van der Waals surface area (Å²) in [5.41, 5.74) is 1.88. The molecule has 1 aromatic heterocycles. The molecule has 9 heteroatoms. The highest BCUT2D eigenvalue weighted by Crippen LogP contribution is 2.33. The van der Waals surface area contributed by atoms with Crippen molar-refractivity contribution in [3.05, 3.63) is 69.5 Å². The molecule has 35 heavy (non-hydrogen) atoms. The number of rotatable bonds is 6. The van der Waals surface area contributed by atoms with Crippen LogP contribution in [0.4, 0.5) is 5.69 Å². The van der Waals surface area contributed by atoms with Crippen LogP contribution in [0.3, 0.4) is 0 Å². The van der Waals surface area contributed by atoms with E-state index < -0.39 is 5.91 Å². The van der Waals surface area contributed by atoms with E-state index >= 15 is 0 Å². The molecule has 2 atom stereocenters. The summed E-state index contributed by atoms with van der Waals surface area (Å²) in [6.45, 7) is 2.08. The molecule has 182 valence electrons. The van der Waals surface area contributed by atoms with Crippen molar-refractivity contribution < 1.29 is 9.59 Å². The van der Waals surface area contributed by atoms with Gasteiger partial charge in [0.05, 0.1) is 39.5 Å². The number of nitrogens with zero attached hydrogens (tertiary/aromatic N) is 2. The molecule has 0 radical (unpaired) electrons. The van der Waals surface area contributed by atoms with Gasteiger partial charge in [-0.2, -0.15) is 10.4 Å². The number of carbonyl (C=O) groups is 2. The molecule has 1 fully saturated rings. The Labute approximate surface area is 214 Å². The maximum absolute atomic E-state index is 12.9. The zero-order valence-corrected chi connectivity index (χ0v) is 20.9. The first kappa shape index (κ1) is 25.0. The van der Waals surface area contributed by atoms with Crippen LogP contribution in [0.1, 0.15) is 59.9 Å². The topological polar surface area (TPSA) is 111 Å². The van der Waals surface area contributed by atoms with Gasteiger partial charge in [0.1, 0.15) is 5.69 Å². The SMILES string of the molecule is CC1C=C(CC2CCC(NC(=O)c3[nH]ncc3NC(=O)c3c(Cl)cccc3Cl)CC2)C=CC1C#N. The number of nitriles is 1. The van der Waals surface area contributed by atoms with Gasteiger partial charge in [-0.15, -0.1) is 0 Å². The summed E-state index contributed by atoms with van der Waals surface area (Å²) in [4.78, 5) is 25.6. The number of allylic oxidation sites excluding steroid dienone is 4. The monoisotopic (exact) mass is 511 g/mol. The minimum absolute atomic E-state index is 0.0384. The smallest absolute Gasteiger partial charge is 0.271 e. The number of amides is 2. The van der Waals surface area contributed by atoms with E-state index in [0.29, 0.717) is 5.92 Å². The van der Waals surface area contributed by atoms with Gasteiger partial charge in [-0.25, -0.2) is 0 Å². The first-order valence-corrected chi connectivity index (χ1v) is 12.5. The Bertz CT molecular complexity index is 1180. The fourth-order valence-electron chi connectivity index (χ4n) is 4.75. The molecule has 7 nitrogen and oxygen atoms in total. The quantitative estimate of drug-likeness (QED) is 0.446. The Morgan fingerprint density at radius 3 is 2.54 bits per heavy atom. The number of benzene rings is 1. The van der Waals surface area contributed by atoms with E-state index in [9.17, 15) is 14.9 Å². The van der Waals surface area contributed by atoms with Crippen LogP contribution in [0.15, 0.2) is 48.2 Å². The summed E-state index contributed by atoms with van der Waals surface area (Å²) in [5, 5.41) is 22.0. The lowest BCUT2D eigenvalue weighted by atomic mass is 9.79. The molecule has 1 aromatic carbocycles. The molecule has 0 aliphatic heterocycles. The molecular formula is C26H27Cl2N5O2. The number of hydrogen-bond donors (Lipinski definition) is 3. The number of hydrogen-bond acceptors (Lipinski definition) is 4. The summed E-state index contributed by atoms with van der Waals surface area (Å²) in [6, 6.07) is 7.19. The van der Waals surface area contributed by atoms with Crippen molar-refractivity contribution in [2.24, 2.45) is 17.8 Å². The third-order valence-electron chi connectivity index (χ3n) is 6.72. The Hall–Kier alpha value is -3.08. The molecule has 2 aromatic rings. The number of nitrogens with one attached hydrogen (secondary N) is 3. The highest BCUT2D eigenvalue weighted by molar-refractivity contribution is 6.40. The van der Waals surface area contributed by atoms with Crippen molar-refractivity contribution in [1.82, 2.24) is 15.5 Å². The molecule has 2 amide bonds. The van der Waals surface area contributed by atoms with Gasteiger partial charge in [0.15, 0.2) is 0 Å². The molecule has 3 N–H and O–H groups in total. The minimum atomic E-state index is -0.516. The van der Waals surface area contributed by atoms with Gasteiger partial charge in [-0.3, -0.25) is 14.7 Å². The van der Waals surface area contributed by atoms with Gasteiger partial charge in [-0.05, 0) is 56.1 Å². The van der Waals surface area contributed by atoms with Crippen molar-refractivity contribution >= 4 is 40.7 Å². The van der Waals surface area contributed by atoms with Crippen LogP contribution < -0.4 is 10.6 Å². The third-order valence-corrected chi connectivity index (χ3v) is 7.35. The zero-order chi connectivity index (χ0) is 24.9. The average molecular weight is 512 g/mol. The molecule has 1 heterocycles. The van der Waals surface area contributed by atoms with E-state index in [1.807, 2.05) is 6.08 Å². The molecule has 2 aliphatic carbocycles. The number of halogens is 2. The predicted molar refractivity (Wildman–Crippen MR) is 136 cm³/mol. The fraction of sp³-hybridized carbons (Fsp3) is 0.385. The van der Waals surface area contributed by atoms with Gasteiger partial charge in [0, 0.05) is 6.04 Å². The van der Waals surface area contributed by atoms with E-state index in [-0.39, 0.29) is 50.8 Å². The van der Waals surface area contributed by atoms with Gasteiger partial charge >= 0.3 is 0 Å². The molecular weight excluding hydrogens is 485 g/mol. The van der Waals surface area contributed by atoms with Crippen LogP contribution >= 0.6 is 23.2 Å². The van der Waals surface area contributed by atoms with E-state index in [4.69, 9.17) is 23.2 Å². The van der Waals surface area contributed by atoms with Crippen molar-refractivity contribution in [3.8, 4) is 6.07 Å². The lowest BCUT2D eigenvalue weighted by molar-refractivity contribution is 0.0917. The number of carbonyl (C=O) groups excluding carboxylic acids is 2. The Kier molecular flexibility index (Phi) is 7.94. The molecule has 2 aliphatic rings. The van der Waals surface area contributed by atoms with Gasteiger partial charge < -0.3 is 10.6 Å². The van der Waals surface area contributed by atoms with E-state index in [1.54, 1.807) is 18.2 Å². The van der Waals surface area contributed by atoms with Crippen LogP contribution in [0.2, 0.25) is 10.0 Å². The zero-order valence-electron chi connectivity index (χ0n) is 19.4. The molecule has 4 rings (SSSR count). The van der Waals surface area contributed by atoms with Crippen LogP contribution in [0, 0.1) is 29.1 Å². The number of anilines is 1. The molecule has 2 unspecified atom stereocenters. The van der Waals surface area contributed by atoms with Gasteiger partial charge in [0.25, 0.3) is 11.8 Å². The maximum atomic E-state index is 12.9. The van der Waals surface area contributed by atoms with Crippen molar-refractivity contribution in [2.45, 2.75) is 45.1 Å². The fourth-order valence-corrected chi connectivity index (χ4v) is 5.32. The van der Waals surface area contributed by atoms with Crippen LogP contribution in [0.25, 0.3) is 0 Å². The lowest BCUT2D eigenvalue weighted by Crippen LogP contribution is -2.38. The van der Waals surface area contributed by atoms with Crippen molar-refractivity contribution in [2.75, 3.05) is 5.32 Å². The second-order valence-electron chi connectivity index (χ2n) is 9.22. The number of H-pyrrole nitrogens is 1. The predicted octanol–water partition coefficient (Wildman–Crippen LogP) is 5.92. The molecule has 0 spiro atoms. The minimum Gasteiger partial charge on any atom is -0.348 e. The summed E-state index contributed by atoms with van der Waals surface area (Å²) >= 11 is 12.2. The van der Waals surface area contributed by atoms with E-state index in [0.717, 1.165) is 32.1 Å². The molecule has 1 saturated carbocycles. The largest absolute Gasteiger partial charge is 0.348 e. The van der Waals surface area contributed by atoms with Gasteiger partial charge in [-0.1, -0.05) is 60.0 Å². The normalized spacial score (nSPS) is 23.8. The standard InChI is InChI=1S/C26H27Cl2N5O2/c1-15-11-17(5-8-18(15)13-29)12-16-6-9-19(10-7-16)31-26(35)24-22(14-30-33-24)32-25(34)23-20(27)3-2-4-21(23)28/h2-5,8,11,14-16,18-19H,6-7,9-10,12H2,1H3,(H,30,33)(H,31,35)(H,32,34). The summed E-state index contributed by atoms with van der Waals surface area (Å²) in [7, 11) is 0. The maximum Gasteiger partial charge on any atom is 0.271 e. The second kappa shape index (κ2) is 11.1. The Morgan fingerprint density at radius 2 is 1.89 bits per heavy atom. The van der Waals surface area contributed by atoms with Crippen LogP contribution in [-0.2, 0) is 0 Å². The second-order valence-corrected chi connectivity index (χ2v) is 10.0. The lowest BCUT2D eigenvalue weighted by Gasteiger charge is -2.30. The first-order chi connectivity index (χ1) is 16.9. The number of aromatic amines is 1. The van der Waals surface area contributed by atoms with E-state index in [2.05, 4.69) is 46.0 Å². The first-order valence-electron chi connectivity index (χ1n) is 11.7. The highest BCUT2D eigenvalue weighted by atomic mass is 35.5. The Morgan fingerprint density at radius 1 is 1.17 bits per heavy atom. The van der Waals surface area contributed by atoms with Crippen molar-refractivity contribution in [3.63, 3.8) is 0 Å². The van der Waals surface area contributed by atoms with E-state index in [1.165, 1.54) is 11.8 Å². The average Bonchev–Trinajstić information content (AvgIpc) is 3.28. The summed E-state index contributed by atoms with van der Waals surface area (Å²) < 4.78 is 0.